The van der Waals surface area contributed by atoms with Gasteiger partial charge in [-0.1, -0.05) is 0 Å². The van der Waals surface area contributed by atoms with Crippen LogP contribution in [0.3, 0.4) is 0 Å². The summed E-state index contributed by atoms with van der Waals surface area (Å²) in [5, 5.41) is 51.5. The number of nitrogens with zero attached hydrogens (tertiary/aromatic N) is 2. The highest BCUT2D eigenvalue weighted by atomic mass is 16.6. The lowest BCUT2D eigenvalue weighted by Crippen LogP contribution is -2.36. The predicted molar refractivity (Wildman–Crippen MR) is 64.7 cm³/mol. The van der Waals surface area contributed by atoms with Crippen molar-refractivity contribution in [2.75, 3.05) is 39.5 Å². The lowest BCUT2D eigenvalue weighted by molar-refractivity contribution is -0.258. The van der Waals surface area contributed by atoms with E-state index in [1.54, 1.807) is 4.90 Å². The Kier molecular flexibility index (Phi) is 14.6. The van der Waals surface area contributed by atoms with Gasteiger partial charge < -0.3 is 30.7 Å². The fourth-order valence-corrected chi connectivity index (χ4v) is 1.07. The zero-order valence-corrected chi connectivity index (χ0v) is 11.0. The summed E-state index contributed by atoms with van der Waals surface area (Å²) in [4.78, 5) is 1.79. The van der Waals surface area contributed by atoms with Crippen LogP contribution in [0, 0.1) is 0 Å². The largest absolute Gasteiger partial charge is 0.395 e. The van der Waals surface area contributed by atoms with Crippen LogP contribution in [0.15, 0.2) is 0 Å². The average molecular weight is 270 g/mol. The van der Waals surface area contributed by atoms with Crippen LogP contribution >= 0.6 is 0 Å². The minimum Gasteiger partial charge on any atom is -0.395 e. The van der Waals surface area contributed by atoms with Gasteiger partial charge in [0.05, 0.1) is 19.8 Å². The Balaban J connectivity index is 0. The van der Waals surface area contributed by atoms with Crippen molar-refractivity contribution in [1.82, 2.24) is 9.96 Å². The van der Waals surface area contributed by atoms with Crippen LogP contribution in [0.2, 0.25) is 0 Å². The topological polar surface area (TPSA) is 128 Å². The first-order valence-corrected chi connectivity index (χ1v) is 5.78. The molecule has 0 aliphatic rings. The van der Waals surface area contributed by atoms with Crippen LogP contribution < -0.4 is 0 Å². The first-order valence-electron chi connectivity index (χ1n) is 5.78. The van der Waals surface area contributed by atoms with Crippen molar-refractivity contribution >= 4 is 0 Å². The van der Waals surface area contributed by atoms with Crippen molar-refractivity contribution in [2.45, 2.75) is 26.3 Å². The lowest BCUT2D eigenvalue weighted by atomic mass is 10.4. The third-order valence-corrected chi connectivity index (χ3v) is 2.01. The molecule has 0 bridgehead atoms. The molecule has 8 nitrogen and oxygen atoms in total. The number of hydrogen-bond donors (Lipinski definition) is 6. The first-order chi connectivity index (χ1) is 8.40. The molecule has 112 valence electrons. The molecular weight excluding hydrogens is 244 g/mol. The molecule has 0 saturated carbocycles. The minimum atomic E-state index is -1.02. The van der Waals surface area contributed by atoms with E-state index in [2.05, 4.69) is 0 Å². The zero-order chi connectivity index (χ0) is 14.6. The molecule has 0 amide bonds. The van der Waals surface area contributed by atoms with Gasteiger partial charge in [-0.15, -0.1) is 5.06 Å². The highest BCUT2D eigenvalue weighted by Crippen LogP contribution is 1.93. The Morgan fingerprint density at radius 2 is 1.06 bits per heavy atom. The highest BCUT2D eigenvalue weighted by molar-refractivity contribution is 4.54. The van der Waals surface area contributed by atoms with Gasteiger partial charge in [0.2, 0.25) is 0 Å². The second-order valence-electron chi connectivity index (χ2n) is 3.66. The number of aliphatic hydroxyl groups is 5. The molecule has 18 heavy (non-hydrogen) atoms. The standard InChI is InChI=1S/C6H15NO3.C4H11NO3/c8-4-1-7(2-5-9)3-6-10;1-3(6)5(8)4(2)7/h8-10H,1-6H2;3-4,6-8H,1-2H3. The predicted octanol–water partition coefficient (Wildman–Crippen LogP) is -2.38. The Hall–Kier alpha value is -0.320. The highest BCUT2D eigenvalue weighted by Gasteiger charge is 2.11. The summed E-state index contributed by atoms with van der Waals surface area (Å²) in [6.07, 6.45) is -2.04. The quantitative estimate of drug-likeness (QED) is 0.213. The van der Waals surface area contributed by atoms with E-state index in [0.717, 1.165) is 0 Å². The first kappa shape index (κ1) is 20.0. The van der Waals surface area contributed by atoms with Crippen LogP contribution in [-0.2, 0) is 0 Å². The number of hydrogen-bond acceptors (Lipinski definition) is 8. The van der Waals surface area contributed by atoms with Crippen LogP contribution in [0.1, 0.15) is 13.8 Å². The molecule has 0 radical (unpaired) electrons. The summed E-state index contributed by atoms with van der Waals surface area (Å²) in [5.41, 5.74) is 0. The van der Waals surface area contributed by atoms with E-state index >= 15 is 0 Å². The minimum absolute atomic E-state index is 0.0694. The number of hydroxylamine groups is 2. The molecule has 0 heterocycles. The maximum Gasteiger partial charge on any atom is 0.129 e. The molecule has 0 aromatic carbocycles. The number of rotatable bonds is 8. The molecule has 6 N–H and O–H groups in total. The van der Waals surface area contributed by atoms with Crippen molar-refractivity contribution in [3.63, 3.8) is 0 Å². The van der Waals surface area contributed by atoms with E-state index in [1.165, 1.54) is 13.8 Å². The fraction of sp³-hybridized carbons (Fsp3) is 1.00. The summed E-state index contributed by atoms with van der Waals surface area (Å²) >= 11 is 0. The summed E-state index contributed by atoms with van der Waals surface area (Å²) in [7, 11) is 0. The van der Waals surface area contributed by atoms with E-state index < -0.39 is 12.5 Å². The van der Waals surface area contributed by atoms with Gasteiger partial charge >= 0.3 is 0 Å². The Bertz CT molecular complexity index is 148. The van der Waals surface area contributed by atoms with Crippen molar-refractivity contribution in [3.8, 4) is 0 Å². The van der Waals surface area contributed by atoms with Gasteiger partial charge in [-0.25, -0.2) is 0 Å². The Morgan fingerprint density at radius 3 is 1.17 bits per heavy atom. The van der Waals surface area contributed by atoms with Crippen molar-refractivity contribution in [3.05, 3.63) is 0 Å². The van der Waals surface area contributed by atoms with Crippen LogP contribution in [-0.4, -0.2) is 92.6 Å². The molecule has 0 aromatic rings. The van der Waals surface area contributed by atoms with Crippen LogP contribution in [0.5, 0.6) is 0 Å². The summed E-state index contributed by atoms with van der Waals surface area (Å²) in [6.45, 7) is 4.46. The smallest absolute Gasteiger partial charge is 0.129 e. The Labute approximate surface area is 107 Å². The van der Waals surface area contributed by atoms with Gasteiger partial charge in [-0.05, 0) is 13.8 Å². The summed E-state index contributed by atoms with van der Waals surface area (Å²) in [5.74, 6) is 0. The number of aliphatic hydroxyl groups excluding tert-OH is 5. The molecule has 0 saturated heterocycles. The van der Waals surface area contributed by atoms with Gasteiger partial charge in [-0.3, -0.25) is 4.90 Å². The molecule has 0 spiro atoms. The van der Waals surface area contributed by atoms with Gasteiger partial charge in [-0.2, -0.15) is 0 Å². The SMILES string of the molecule is CC(O)N(O)C(C)O.OCCN(CCO)CCO. The molecule has 0 rings (SSSR count). The van der Waals surface area contributed by atoms with Gasteiger partial charge in [0.1, 0.15) is 12.5 Å². The molecule has 0 aliphatic carbocycles. The van der Waals surface area contributed by atoms with E-state index in [1.807, 2.05) is 0 Å². The van der Waals surface area contributed by atoms with E-state index in [9.17, 15) is 0 Å². The van der Waals surface area contributed by atoms with Crippen molar-refractivity contribution in [2.24, 2.45) is 0 Å². The monoisotopic (exact) mass is 270 g/mol. The third kappa shape index (κ3) is 12.1. The summed E-state index contributed by atoms with van der Waals surface area (Å²) < 4.78 is 0. The second-order valence-corrected chi connectivity index (χ2v) is 3.66. The molecule has 8 heteroatoms. The third-order valence-electron chi connectivity index (χ3n) is 2.01. The lowest BCUT2D eigenvalue weighted by Gasteiger charge is -2.19. The average Bonchev–Trinajstić information content (AvgIpc) is 2.29. The maximum atomic E-state index is 8.54. The van der Waals surface area contributed by atoms with Gasteiger partial charge in [0.25, 0.3) is 0 Å². The Morgan fingerprint density at radius 1 is 0.778 bits per heavy atom. The van der Waals surface area contributed by atoms with E-state index in [-0.39, 0.29) is 19.8 Å². The van der Waals surface area contributed by atoms with Gasteiger partial charge in [0, 0.05) is 19.6 Å². The molecule has 0 aliphatic heterocycles. The van der Waals surface area contributed by atoms with Gasteiger partial charge in [0.15, 0.2) is 0 Å². The molecular formula is C10H26N2O6. The summed E-state index contributed by atoms with van der Waals surface area (Å²) in [6, 6.07) is 0. The molecule has 2 atom stereocenters. The van der Waals surface area contributed by atoms with Crippen molar-refractivity contribution in [1.29, 1.82) is 0 Å². The molecule has 0 fully saturated rings. The second kappa shape index (κ2) is 13.1. The normalized spacial score (nSPS) is 14.3. The van der Waals surface area contributed by atoms with E-state index in [4.69, 9.17) is 30.7 Å². The van der Waals surface area contributed by atoms with Crippen LogP contribution in [0.4, 0.5) is 0 Å². The van der Waals surface area contributed by atoms with Crippen molar-refractivity contribution < 1.29 is 30.7 Å². The fourth-order valence-electron chi connectivity index (χ4n) is 1.07. The maximum absolute atomic E-state index is 8.54. The van der Waals surface area contributed by atoms with E-state index in [0.29, 0.717) is 24.7 Å². The zero-order valence-electron chi connectivity index (χ0n) is 11.0. The molecule has 2 unspecified atom stereocenters. The molecule has 0 aromatic heterocycles. The van der Waals surface area contributed by atoms with Crippen LogP contribution in [0.25, 0.3) is 0 Å².